The van der Waals surface area contributed by atoms with Gasteiger partial charge in [0.15, 0.2) is 0 Å². The van der Waals surface area contributed by atoms with Crippen molar-refractivity contribution in [1.82, 2.24) is 10.3 Å². The summed E-state index contributed by atoms with van der Waals surface area (Å²) in [6, 6.07) is 3.98. The second-order valence-electron chi connectivity index (χ2n) is 5.01. The SMILES string of the molecule is CCCCOCCOCC(O)CNCCc1cccnc1. The van der Waals surface area contributed by atoms with Gasteiger partial charge in [-0.25, -0.2) is 0 Å². The highest BCUT2D eigenvalue weighted by Crippen LogP contribution is 1.95. The van der Waals surface area contributed by atoms with Crippen LogP contribution in [0.2, 0.25) is 0 Å². The maximum absolute atomic E-state index is 9.75. The Morgan fingerprint density at radius 1 is 1.29 bits per heavy atom. The zero-order valence-electron chi connectivity index (χ0n) is 13.0. The molecule has 1 rings (SSSR count). The molecule has 1 unspecified atom stereocenters. The molecule has 1 heterocycles. The predicted octanol–water partition coefficient (Wildman–Crippen LogP) is 1.41. The van der Waals surface area contributed by atoms with E-state index in [2.05, 4.69) is 17.2 Å². The van der Waals surface area contributed by atoms with E-state index in [0.29, 0.717) is 26.4 Å². The highest BCUT2D eigenvalue weighted by Gasteiger charge is 2.03. The van der Waals surface area contributed by atoms with Crippen LogP contribution in [-0.4, -0.2) is 55.7 Å². The van der Waals surface area contributed by atoms with Crippen molar-refractivity contribution in [2.24, 2.45) is 0 Å². The normalized spacial score (nSPS) is 12.5. The third-order valence-electron chi connectivity index (χ3n) is 3.02. The second kappa shape index (κ2) is 12.7. The van der Waals surface area contributed by atoms with Crippen LogP contribution in [-0.2, 0) is 15.9 Å². The molecular formula is C16H28N2O3. The summed E-state index contributed by atoms with van der Waals surface area (Å²) < 4.78 is 10.7. The van der Waals surface area contributed by atoms with Gasteiger partial charge in [0.2, 0.25) is 0 Å². The van der Waals surface area contributed by atoms with Gasteiger partial charge in [-0.2, -0.15) is 0 Å². The van der Waals surface area contributed by atoms with Crippen molar-refractivity contribution >= 4 is 0 Å². The Bertz CT molecular complexity index is 336. The van der Waals surface area contributed by atoms with E-state index in [1.807, 2.05) is 18.3 Å². The number of unbranched alkanes of at least 4 members (excludes halogenated alkanes) is 1. The summed E-state index contributed by atoms with van der Waals surface area (Å²) in [7, 11) is 0. The average Bonchev–Trinajstić information content (AvgIpc) is 2.52. The zero-order valence-corrected chi connectivity index (χ0v) is 13.0. The molecule has 0 aliphatic heterocycles. The number of aliphatic hydroxyl groups excluding tert-OH is 1. The number of hydrogen-bond acceptors (Lipinski definition) is 5. The molecule has 21 heavy (non-hydrogen) atoms. The molecule has 0 amide bonds. The lowest BCUT2D eigenvalue weighted by atomic mass is 10.2. The fourth-order valence-electron chi connectivity index (χ4n) is 1.79. The highest BCUT2D eigenvalue weighted by atomic mass is 16.5. The van der Waals surface area contributed by atoms with Crippen LogP contribution in [0.1, 0.15) is 25.3 Å². The van der Waals surface area contributed by atoms with E-state index in [-0.39, 0.29) is 0 Å². The molecule has 1 aromatic heterocycles. The molecule has 1 aromatic rings. The van der Waals surface area contributed by atoms with Crippen LogP contribution in [0.3, 0.4) is 0 Å². The lowest BCUT2D eigenvalue weighted by Gasteiger charge is -2.12. The van der Waals surface area contributed by atoms with Crippen molar-refractivity contribution in [3.63, 3.8) is 0 Å². The zero-order chi connectivity index (χ0) is 15.2. The molecule has 5 heteroatoms. The van der Waals surface area contributed by atoms with Crippen molar-refractivity contribution < 1.29 is 14.6 Å². The van der Waals surface area contributed by atoms with E-state index in [1.54, 1.807) is 6.20 Å². The Hall–Kier alpha value is -1.01. The maximum atomic E-state index is 9.75. The molecule has 1 atom stereocenters. The van der Waals surface area contributed by atoms with Crippen LogP contribution in [0.5, 0.6) is 0 Å². The first kappa shape index (κ1) is 18.0. The Morgan fingerprint density at radius 3 is 2.90 bits per heavy atom. The number of aliphatic hydroxyl groups is 1. The smallest absolute Gasteiger partial charge is 0.0897 e. The van der Waals surface area contributed by atoms with Crippen molar-refractivity contribution in [2.75, 3.05) is 39.5 Å². The van der Waals surface area contributed by atoms with Gasteiger partial charge in [-0.3, -0.25) is 4.98 Å². The van der Waals surface area contributed by atoms with Crippen LogP contribution in [0, 0.1) is 0 Å². The van der Waals surface area contributed by atoms with E-state index in [9.17, 15) is 5.11 Å². The minimum absolute atomic E-state index is 0.344. The van der Waals surface area contributed by atoms with Gasteiger partial charge >= 0.3 is 0 Å². The van der Waals surface area contributed by atoms with Crippen molar-refractivity contribution in [2.45, 2.75) is 32.3 Å². The number of rotatable bonds is 13. The number of pyridine rings is 1. The topological polar surface area (TPSA) is 63.6 Å². The minimum Gasteiger partial charge on any atom is -0.389 e. The molecule has 0 radical (unpaired) electrons. The van der Waals surface area contributed by atoms with E-state index >= 15 is 0 Å². The Labute approximate surface area is 127 Å². The molecular weight excluding hydrogens is 268 g/mol. The van der Waals surface area contributed by atoms with E-state index in [0.717, 1.165) is 32.4 Å². The van der Waals surface area contributed by atoms with E-state index in [1.165, 1.54) is 5.56 Å². The standard InChI is InChI=1S/C16H28N2O3/c1-2-3-9-20-10-11-21-14-16(19)13-18-8-6-15-5-4-7-17-12-15/h4-5,7,12,16,18-19H,2-3,6,8-11,13-14H2,1H3. The van der Waals surface area contributed by atoms with Gasteiger partial charge in [0.1, 0.15) is 0 Å². The summed E-state index contributed by atoms with van der Waals surface area (Å²) >= 11 is 0. The Morgan fingerprint density at radius 2 is 2.14 bits per heavy atom. The third kappa shape index (κ3) is 10.4. The molecule has 0 fully saturated rings. The van der Waals surface area contributed by atoms with Gasteiger partial charge in [0, 0.05) is 25.5 Å². The molecule has 5 nitrogen and oxygen atoms in total. The van der Waals surface area contributed by atoms with Gasteiger partial charge < -0.3 is 19.9 Å². The average molecular weight is 296 g/mol. The summed E-state index contributed by atoms with van der Waals surface area (Å²) in [5.41, 5.74) is 1.19. The highest BCUT2D eigenvalue weighted by molar-refractivity contribution is 5.08. The summed E-state index contributed by atoms with van der Waals surface area (Å²) in [4.78, 5) is 4.07. The van der Waals surface area contributed by atoms with Gasteiger partial charge in [-0.1, -0.05) is 19.4 Å². The molecule has 120 valence electrons. The van der Waals surface area contributed by atoms with E-state index < -0.39 is 6.10 Å². The number of aromatic nitrogens is 1. The quantitative estimate of drug-likeness (QED) is 0.539. The van der Waals surface area contributed by atoms with Crippen molar-refractivity contribution in [1.29, 1.82) is 0 Å². The predicted molar refractivity (Wildman–Crippen MR) is 83.4 cm³/mol. The lowest BCUT2D eigenvalue weighted by Crippen LogP contribution is -2.32. The molecule has 0 saturated heterocycles. The van der Waals surface area contributed by atoms with Crippen LogP contribution >= 0.6 is 0 Å². The fourth-order valence-corrected chi connectivity index (χ4v) is 1.79. The summed E-state index contributed by atoms with van der Waals surface area (Å²) in [6.45, 7) is 5.77. The van der Waals surface area contributed by atoms with Gasteiger partial charge in [0.05, 0.1) is 25.9 Å². The number of nitrogens with one attached hydrogen (secondary N) is 1. The molecule has 2 N–H and O–H groups in total. The first-order valence-electron chi connectivity index (χ1n) is 7.76. The fraction of sp³-hybridized carbons (Fsp3) is 0.688. The summed E-state index contributed by atoms with van der Waals surface area (Å²) in [6.07, 6.45) is 6.29. The molecule has 0 bridgehead atoms. The van der Waals surface area contributed by atoms with Gasteiger partial charge in [0.25, 0.3) is 0 Å². The van der Waals surface area contributed by atoms with Gasteiger partial charge in [-0.15, -0.1) is 0 Å². The lowest BCUT2D eigenvalue weighted by molar-refractivity contribution is 0.00401. The van der Waals surface area contributed by atoms with Crippen LogP contribution < -0.4 is 5.32 Å². The van der Waals surface area contributed by atoms with Crippen LogP contribution in [0.15, 0.2) is 24.5 Å². The van der Waals surface area contributed by atoms with Crippen LogP contribution in [0.4, 0.5) is 0 Å². The maximum Gasteiger partial charge on any atom is 0.0897 e. The molecule has 0 aromatic carbocycles. The minimum atomic E-state index is -0.477. The van der Waals surface area contributed by atoms with Crippen molar-refractivity contribution in [3.8, 4) is 0 Å². The number of nitrogens with zero attached hydrogens (tertiary/aromatic N) is 1. The second-order valence-corrected chi connectivity index (χ2v) is 5.01. The third-order valence-corrected chi connectivity index (χ3v) is 3.02. The van der Waals surface area contributed by atoms with E-state index in [4.69, 9.17) is 9.47 Å². The van der Waals surface area contributed by atoms with Gasteiger partial charge in [-0.05, 0) is 31.0 Å². The molecule has 0 aliphatic carbocycles. The Kier molecular flexibility index (Phi) is 10.9. The Balaban J connectivity index is 1.88. The monoisotopic (exact) mass is 296 g/mol. The number of ether oxygens (including phenoxy) is 2. The molecule has 0 saturated carbocycles. The molecule has 0 spiro atoms. The summed E-state index contributed by atoms with van der Waals surface area (Å²) in [5.74, 6) is 0. The first-order valence-corrected chi connectivity index (χ1v) is 7.76. The summed E-state index contributed by atoms with van der Waals surface area (Å²) in [5, 5.41) is 13.0. The first-order chi connectivity index (χ1) is 10.3. The largest absolute Gasteiger partial charge is 0.389 e. The number of hydrogen-bond donors (Lipinski definition) is 2. The van der Waals surface area contributed by atoms with Crippen LogP contribution in [0.25, 0.3) is 0 Å². The molecule has 0 aliphatic rings. The van der Waals surface area contributed by atoms with Crippen molar-refractivity contribution in [3.05, 3.63) is 30.1 Å².